The summed E-state index contributed by atoms with van der Waals surface area (Å²) in [7, 11) is -5.06. The molecule has 1 aliphatic rings. The normalized spacial score (nSPS) is 16.6. The Morgan fingerprint density at radius 2 is 1.49 bits per heavy atom. The van der Waals surface area contributed by atoms with E-state index in [0.29, 0.717) is 12.1 Å². The molecule has 0 spiro atoms. The molecule has 1 fully saturated rings. The number of carbonyl (C=O) groups is 1. The number of quaternary nitrogens is 1. The lowest BCUT2D eigenvalue weighted by molar-refractivity contribution is -0.425. The summed E-state index contributed by atoms with van der Waals surface area (Å²) in [5, 5.41) is 2.71. The maximum absolute atomic E-state index is 13.5. The number of amides is 1. The van der Waals surface area contributed by atoms with Crippen LogP contribution in [0.4, 0.5) is 10.1 Å². The van der Waals surface area contributed by atoms with Crippen LogP contribution >= 0.6 is 7.60 Å². The lowest BCUT2D eigenvalue weighted by Gasteiger charge is -2.20. The molecule has 0 radical (unpaired) electrons. The van der Waals surface area contributed by atoms with Gasteiger partial charge in [0.1, 0.15) is 0 Å². The van der Waals surface area contributed by atoms with Crippen LogP contribution in [-0.4, -0.2) is 16.8 Å². The fourth-order valence-corrected chi connectivity index (χ4v) is 4.82. The Bertz CT molecular complexity index is 720. The van der Waals surface area contributed by atoms with Gasteiger partial charge in [0.25, 0.3) is 0 Å². The molecule has 0 aromatic heterocycles. The highest BCUT2D eigenvalue weighted by Crippen LogP contribution is 2.49. The van der Waals surface area contributed by atoms with Crippen molar-refractivity contribution >= 4 is 19.2 Å². The zero-order valence-corrected chi connectivity index (χ0v) is 22.6. The van der Waals surface area contributed by atoms with E-state index in [4.69, 9.17) is 4.89 Å². The first-order chi connectivity index (χ1) is 16.7. The van der Waals surface area contributed by atoms with Gasteiger partial charge in [-0.05, 0) is 49.8 Å². The van der Waals surface area contributed by atoms with E-state index < -0.39 is 13.5 Å². The molecule has 2 rings (SSSR count). The van der Waals surface area contributed by atoms with Crippen LogP contribution in [0.25, 0.3) is 0 Å². The molecule has 1 aromatic carbocycles. The van der Waals surface area contributed by atoms with Gasteiger partial charge in [0.2, 0.25) is 5.91 Å². The van der Waals surface area contributed by atoms with E-state index in [-0.39, 0.29) is 11.5 Å². The van der Waals surface area contributed by atoms with Gasteiger partial charge in [0, 0.05) is 12.1 Å². The largest absolute Gasteiger partial charge is 0.776 e. The number of benzene rings is 1. The van der Waals surface area contributed by atoms with Crippen molar-refractivity contribution in [3.63, 3.8) is 0 Å². The molecule has 1 aliphatic carbocycles. The Kier molecular flexibility index (Phi) is 17.2. The molecule has 2 atom stereocenters. The van der Waals surface area contributed by atoms with Crippen molar-refractivity contribution in [2.75, 3.05) is 5.32 Å². The highest BCUT2D eigenvalue weighted by molar-refractivity contribution is 7.50. The summed E-state index contributed by atoms with van der Waals surface area (Å²) in [6, 6.07) is 6.12. The van der Waals surface area contributed by atoms with Gasteiger partial charge in [-0.2, -0.15) is 0 Å². The monoisotopic (exact) mass is 514 g/mol. The number of unbranched alkanes of at least 4 members (excludes halogenated alkanes) is 10. The van der Waals surface area contributed by atoms with Crippen LogP contribution in [0.15, 0.2) is 24.3 Å². The summed E-state index contributed by atoms with van der Waals surface area (Å²) >= 11 is 0. The topological polar surface area (TPSA) is 117 Å². The Morgan fingerprint density at radius 3 is 1.91 bits per heavy atom. The number of carbonyl (C=O) groups excluding carboxylic acids is 1. The molecule has 1 aromatic rings. The molecule has 6 nitrogen and oxygen atoms in total. The van der Waals surface area contributed by atoms with E-state index in [1.165, 1.54) is 108 Å². The molecule has 8 heteroatoms. The van der Waals surface area contributed by atoms with Crippen molar-refractivity contribution in [2.24, 2.45) is 0 Å². The predicted octanol–water partition coefficient (Wildman–Crippen LogP) is 6.40. The molecule has 1 amide bonds. The van der Waals surface area contributed by atoms with Crippen LogP contribution in [0.5, 0.6) is 0 Å². The van der Waals surface area contributed by atoms with Crippen LogP contribution in [-0.2, 0) is 9.36 Å². The van der Waals surface area contributed by atoms with E-state index >= 15 is 0 Å². The van der Waals surface area contributed by atoms with Crippen molar-refractivity contribution in [3.8, 4) is 0 Å². The number of alkyl halides is 1. The molecular weight excluding hydrogens is 466 g/mol. The summed E-state index contributed by atoms with van der Waals surface area (Å²) in [5.74, 6) is -2.56. The number of nitrogens with one attached hydrogen (secondary N) is 1. The SMILES string of the molecule is CCCCCCCCCCCCCC(=O)Nc1ccc(C(F)P(=O)([O-])O)cc1.[NH3+]C1CCCCC1. The van der Waals surface area contributed by atoms with Gasteiger partial charge in [0.15, 0.2) is 13.5 Å². The smallest absolute Gasteiger partial charge is 0.224 e. The standard InChI is InChI=1S/C21H35FNO4P.C6H13N/c1-2-3-4-5-6-7-8-9-10-11-12-13-20(24)23-19-16-14-18(15-17-19)21(22)28(25,26)27;7-6-4-2-1-3-5-6/h14-17,21H,2-13H2,1H3,(H,23,24)(H2,25,26,27);6H,1-5,7H2. The van der Waals surface area contributed by atoms with Crippen molar-refractivity contribution in [2.45, 2.75) is 128 Å². The molecule has 0 saturated heterocycles. The minimum absolute atomic E-state index is 0.114. The van der Waals surface area contributed by atoms with E-state index in [1.54, 1.807) is 0 Å². The molecule has 0 aliphatic heterocycles. The molecule has 1 saturated carbocycles. The van der Waals surface area contributed by atoms with Crippen LogP contribution in [0.3, 0.4) is 0 Å². The van der Waals surface area contributed by atoms with Crippen molar-refractivity contribution < 1.29 is 29.3 Å². The lowest BCUT2D eigenvalue weighted by atomic mass is 9.97. The number of anilines is 1. The van der Waals surface area contributed by atoms with Crippen molar-refractivity contribution in [3.05, 3.63) is 29.8 Å². The third-order valence-electron chi connectivity index (χ3n) is 6.49. The highest BCUT2D eigenvalue weighted by Gasteiger charge is 2.21. The first-order valence-corrected chi connectivity index (χ1v) is 15.3. The van der Waals surface area contributed by atoms with Crippen LogP contribution in [0.2, 0.25) is 0 Å². The van der Waals surface area contributed by atoms with Gasteiger partial charge in [-0.25, -0.2) is 4.39 Å². The van der Waals surface area contributed by atoms with E-state index in [1.807, 2.05) is 0 Å². The van der Waals surface area contributed by atoms with E-state index in [2.05, 4.69) is 18.0 Å². The second-order valence-corrected chi connectivity index (χ2v) is 11.4. The second-order valence-electron chi connectivity index (χ2n) is 9.86. The second kappa shape index (κ2) is 18.9. The summed E-state index contributed by atoms with van der Waals surface area (Å²) in [6.45, 7) is 2.23. The van der Waals surface area contributed by atoms with Gasteiger partial charge < -0.3 is 25.4 Å². The maximum atomic E-state index is 13.5. The molecule has 0 heterocycles. The number of hydrogen-bond acceptors (Lipinski definition) is 3. The van der Waals surface area contributed by atoms with E-state index in [9.17, 15) is 18.6 Å². The maximum Gasteiger partial charge on any atom is 0.224 e. The number of halogens is 1. The van der Waals surface area contributed by atoms with Gasteiger partial charge >= 0.3 is 0 Å². The number of rotatable bonds is 15. The first-order valence-electron chi connectivity index (χ1n) is 13.6. The fraction of sp³-hybridized carbons (Fsp3) is 0.741. The zero-order valence-electron chi connectivity index (χ0n) is 21.7. The molecular formula is C27H48FN2O4P. The van der Waals surface area contributed by atoms with E-state index in [0.717, 1.165) is 25.3 Å². The average Bonchev–Trinajstić information content (AvgIpc) is 2.83. The fourth-order valence-electron chi connectivity index (χ4n) is 4.27. The summed E-state index contributed by atoms with van der Waals surface area (Å²) < 4.78 is 24.3. The molecule has 35 heavy (non-hydrogen) atoms. The van der Waals surface area contributed by atoms with Crippen molar-refractivity contribution in [1.29, 1.82) is 0 Å². The first kappa shape index (κ1) is 31.8. The average molecular weight is 515 g/mol. The minimum Gasteiger partial charge on any atom is -0.776 e. The minimum atomic E-state index is -5.06. The van der Waals surface area contributed by atoms with Crippen LogP contribution < -0.4 is 15.9 Å². The molecule has 202 valence electrons. The van der Waals surface area contributed by atoms with Gasteiger partial charge in [-0.15, -0.1) is 0 Å². The molecule has 5 N–H and O–H groups in total. The quantitative estimate of drug-likeness (QED) is 0.185. The Hall–Kier alpha value is -1.27. The predicted molar refractivity (Wildman–Crippen MR) is 140 cm³/mol. The third kappa shape index (κ3) is 16.2. The van der Waals surface area contributed by atoms with Crippen molar-refractivity contribution in [1.82, 2.24) is 0 Å². The van der Waals surface area contributed by atoms with Gasteiger partial charge in [-0.3, -0.25) is 4.79 Å². The van der Waals surface area contributed by atoms with Crippen LogP contribution in [0.1, 0.15) is 128 Å². The number of hydrogen-bond donors (Lipinski definition) is 3. The van der Waals surface area contributed by atoms with Crippen LogP contribution in [0, 0.1) is 0 Å². The molecule has 0 bridgehead atoms. The van der Waals surface area contributed by atoms with Gasteiger partial charge in [0.05, 0.1) is 6.04 Å². The van der Waals surface area contributed by atoms with Gasteiger partial charge in [-0.1, -0.05) is 89.7 Å². The Labute approximate surface area is 211 Å². The Balaban J connectivity index is 0.000000744. The Morgan fingerprint density at radius 1 is 1.00 bits per heavy atom. The highest BCUT2D eigenvalue weighted by atomic mass is 31.2. The lowest BCUT2D eigenvalue weighted by Crippen LogP contribution is -2.61. The summed E-state index contributed by atoms with van der Waals surface area (Å²) in [4.78, 5) is 31.5. The zero-order chi connectivity index (χ0) is 25.9. The summed E-state index contributed by atoms with van der Waals surface area (Å²) in [6.07, 6.45) is 20.9. The summed E-state index contributed by atoms with van der Waals surface area (Å²) in [5.41, 5.74) is 4.31. The third-order valence-corrected chi connectivity index (χ3v) is 7.36. The molecule has 2 unspecified atom stereocenters.